The van der Waals surface area contributed by atoms with E-state index in [1.54, 1.807) is 0 Å². The second-order valence-electron chi connectivity index (χ2n) is 4.93. The fourth-order valence-corrected chi connectivity index (χ4v) is 1.88. The number of aliphatic carboxylic acids is 1. The highest BCUT2D eigenvalue weighted by atomic mass is 32.2. The largest absolute Gasteiger partial charge is 0.480 e. The molecule has 0 aliphatic heterocycles. The topological polar surface area (TPSA) is 139 Å². The number of primary sulfonamides is 1. The zero-order valence-electron chi connectivity index (χ0n) is 11.6. The summed E-state index contributed by atoms with van der Waals surface area (Å²) in [5, 5.41) is 18.6. The number of carbonyl (C=O) groups excluding carboxylic acids is 1. The van der Waals surface area contributed by atoms with Gasteiger partial charge in [-0.3, -0.25) is 0 Å². The van der Waals surface area contributed by atoms with E-state index in [0.29, 0.717) is 5.56 Å². The van der Waals surface area contributed by atoms with Gasteiger partial charge in [0, 0.05) is 6.54 Å². The SMILES string of the molecule is CC(C)(NC(=O)NCc1ccc(S(N)(=O)=O)cc1)C(=O)O. The number of urea groups is 1. The van der Waals surface area contributed by atoms with Gasteiger partial charge in [-0.1, -0.05) is 12.1 Å². The Morgan fingerprint density at radius 3 is 2.19 bits per heavy atom. The lowest BCUT2D eigenvalue weighted by molar-refractivity contribution is -0.142. The van der Waals surface area contributed by atoms with Crippen LogP contribution in [0.15, 0.2) is 29.2 Å². The first-order valence-electron chi connectivity index (χ1n) is 5.93. The molecule has 0 saturated heterocycles. The summed E-state index contributed by atoms with van der Waals surface area (Å²) >= 11 is 0. The molecule has 1 aromatic carbocycles. The molecule has 0 aliphatic carbocycles. The van der Waals surface area contributed by atoms with Crippen LogP contribution in [-0.2, 0) is 21.4 Å². The molecule has 116 valence electrons. The molecule has 0 unspecified atom stereocenters. The van der Waals surface area contributed by atoms with Gasteiger partial charge in [-0.15, -0.1) is 0 Å². The van der Waals surface area contributed by atoms with Crippen molar-refractivity contribution < 1.29 is 23.1 Å². The van der Waals surface area contributed by atoms with Crippen molar-refractivity contribution >= 4 is 22.0 Å². The second-order valence-corrected chi connectivity index (χ2v) is 6.49. The van der Waals surface area contributed by atoms with Crippen LogP contribution in [0.4, 0.5) is 4.79 Å². The number of sulfonamides is 1. The molecule has 21 heavy (non-hydrogen) atoms. The summed E-state index contributed by atoms with van der Waals surface area (Å²) in [5.41, 5.74) is -0.743. The molecule has 0 heterocycles. The zero-order valence-corrected chi connectivity index (χ0v) is 12.4. The van der Waals surface area contributed by atoms with Crippen molar-refractivity contribution in [2.45, 2.75) is 30.8 Å². The number of hydrogen-bond donors (Lipinski definition) is 4. The fourth-order valence-electron chi connectivity index (χ4n) is 1.36. The van der Waals surface area contributed by atoms with Gasteiger partial charge in [0.2, 0.25) is 10.0 Å². The molecule has 0 atom stereocenters. The first kappa shape index (κ1) is 16.9. The summed E-state index contributed by atoms with van der Waals surface area (Å²) in [5.74, 6) is -1.16. The lowest BCUT2D eigenvalue weighted by Crippen LogP contribution is -2.52. The third kappa shape index (κ3) is 5.04. The molecule has 1 aromatic rings. The number of carboxylic acid groups (broad SMARTS) is 1. The van der Waals surface area contributed by atoms with Gasteiger partial charge in [0.15, 0.2) is 0 Å². The quantitative estimate of drug-likeness (QED) is 0.605. The highest BCUT2D eigenvalue weighted by Gasteiger charge is 2.28. The molecule has 1 rings (SSSR count). The number of hydrogen-bond acceptors (Lipinski definition) is 4. The normalized spacial score (nSPS) is 11.8. The number of rotatable bonds is 5. The Hall–Kier alpha value is -2.13. The molecule has 0 aromatic heterocycles. The van der Waals surface area contributed by atoms with E-state index in [9.17, 15) is 18.0 Å². The molecular formula is C12H17N3O5S. The van der Waals surface area contributed by atoms with Gasteiger partial charge in [-0.25, -0.2) is 23.1 Å². The summed E-state index contributed by atoms with van der Waals surface area (Å²) in [4.78, 5) is 22.4. The van der Waals surface area contributed by atoms with Crippen LogP contribution in [0, 0.1) is 0 Å². The van der Waals surface area contributed by atoms with Crippen molar-refractivity contribution in [2.24, 2.45) is 5.14 Å². The van der Waals surface area contributed by atoms with E-state index in [-0.39, 0.29) is 11.4 Å². The maximum absolute atomic E-state index is 11.6. The first-order chi connectivity index (χ1) is 9.52. The molecule has 0 aliphatic rings. The van der Waals surface area contributed by atoms with Gasteiger partial charge in [-0.05, 0) is 31.5 Å². The summed E-state index contributed by atoms with van der Waals surface area (Å²) in [7, 11) is -3.75. The minimum atomic E-state index is -3.75. The van der Waals surface area contributed by atoms with Crippen molar-refractivity contribution in [2.75, 3.05) is 0 Å². The second kappa shape index (κ2) is 6.10. The van der Waals surface area contributed by atoms with Crippen molar-refractivity contribution in [3.8, 4) is 0 Å². The Bertz CT molecular complexity index is 637. The summed E-state index contributed by atoms with van der Waals surface area (Å²) in [6.45, 7) is 2.83. The van der Waals surface area contributed by atoms with Crippen LogP contribution < -0.4 is 15.8 Å². The molecule has 0 fully saturated rings. The van der Waals surface area contributed by atoms with Crippen molar-refractivity contribution in [1.82, 2.24) is 10.6 Å². The van der Waals surface area contributed by atoms with E-state index in [2.05, 4.69) is 10.6 Å². The first-order valence-corrected chi connectivity index (χ1v) is 7.48. The molecule has 9 heteroatoms. The van der Waals surface area contributed by atoms with Crippen molar-refractivity contribution in [3.63, 3.8) is 0 Å². The lowest BCUT2D eigenvalue weighted by Gasteiger charge is -2.21. The molecular weight excluding hydrogens is 298 g/mol. The molecule has 0 radical (unpaired) electrons. The van der Waals surface area contributed by atoms with E-state index in [4.69, 9.17) is 10.2 Å². The molecule has 0 bridgehead atoms. The summed E-state index contributed by atoms with van der Waals surface area (Å²) in [6.07, 6.45) is 0. The van der Waals surface area contributed by atoms with Crippen LogP contribution in [0.3, 0.4) is 0 Å². The minimum Gasteiger partial charge on any atom is -0.480 e. The number of carboxylic acids is 1. The Labute approximate surface area is 122 Å². The zero-order chi connectivity index (χ0) is 16.3. The Balaban J connectivity index is 2.60. The van der Waals surface area contributed by atoms with Gasteiger partial charge in [0.25, 0.3) is 0 Å². The third-order valence-corrected chi connectivity index (χ3v) is 3.59. The van der Waals surface area contributed by atoms with Crippen LogP contribution in [0.25, 0.3) is 0 Å². The highest BCUT2D eigenvalue weighted by molar-refractivity contribution is 7.89. The molecule has 0 saturated carbocycles. The lowest BCUT2D eigenvalue weighted by atomic mass is 10.1. The number of amides is 2. The van der Waals surface area contributed by atoms with Crippen LogP contribution in [0.5, 0.6) is 0 Å². The minimum absolute atomic E-state index is 0.0253. The Kier molecular flexibility index (Phi) is 4.92. The van der Waals surface area contributed by atoms with Crippen molar-refractivity contribution in [3.05, 3.63) is 29.8 Å². The number of carbonyl (C=O) groups is 2. The van der Waals surface area contributed by atoms with Gasteiger partial charge < -0.3 is 15.7 Å². The average molecular weight is 315 g/mol. The van der Waals surface area contributed by atoms with E-state index in [1.165, 1.54) is 38.1 Å². The smallest absolute Gasteiger partial charge is 0.328 e. The standard InChI is InChI=1S/C12H17N3O5S/c1-12(2,10(16)17)15-11(18)14-7-8-3-5-9(6-4-8)21(13,19)20/h3-6H,7H2,1-2H3,(H,16,17)(H2,13,19,20)(H2,14,15,18). The van der Waals surface area contributed by atoms with Crippen LogP contribution in [0.2, 0.25) is 0 Å². The number of nitrogens with one attached hydrogen (secondary N) is 2. The van der Waals surface area contributed by atoms with Gasteiger partial charge in [0.05, 0.1) is 4.90 Å². The monoisotopic (exact) mass is 315 g/mol. The summed E-state index contributed by atoms with van der Waals surface area (Å²) in [6, 6.07) is 5.01. The summed E-state index contributed by atoms with van der Waals surface area (Å²) < 4.78 is 22.1. The van der Waals surface area contributed by atoms with E-state index in [1.807, 2.05) is 0 Å². The highest BCUT2D eigenvalue weighted by Crippen LogP contribution is 2.08. The van der Waals surface area contributed by atoms with Gasteiger partial charge >= 0.3 is 12.0 Å². The van der Waals surface area contributed by atoms with E-state index >= 15 is 0 Å². The third-order valence-electron chi connectivity index (χ3n) is 2.67. The van der Waals surface area contributed by atoms with E-state index < -0.39 is 27.6 Å². The fraction of sp³-hybridized carbons (Fsp3) is 0.333. The molecule has 5 N–H and O–H groups in total. The maximum atomic E-state index is 11.6. The predicted octanol–water partition coefficient (Wildman–Crippen LogP) is -0.00360. The maximum Gasteiger partial charge on any atom is 0.328 e. The number of benzene rings is 1. The van der Waals surface area contributed by atoms with Gasteiger partial charge in [-0.2, -0.15) is 0 Å². The van der Waals surface area contributed by atoms with Gasteiger partial charge in [0.1, 0.15) is 5.54 Å². The molecule has 2 amide bonds. The molecule has 8 nitrogen and oxygen atoms in total. The average Bonchev–Trinajstić information content (AvgIpc) is 2.35. The predicted molar refractivity (Wildman–Crippen MR) is 74.9 cm³/mol. The van der Waals surface area contributed by atoms with E-state index in [0.717, 1.165) is 0 Å². The molecule has 0 spiro atoms. The van der Waals surface area contributed by atoms with Crippen LogP contribution in [0.1, 0.15) is 19.4 Å². The Morgan fingerprint density at radius 1 is 1.24 bits per heavy atom. The Morgan fingerprint density at radius 2 is 1.76 bits per heavy atom. The number of nitrogens with two attached hydrogens (primary N) is 1. The van der Waals surface area contributed by atoms with Crippen molar-refractivity contribution in [1.29, 1.82) is 0 Å². The van der Waals surface area contributed by atoms with Crippen LogP contribution in [-0.4, -0.2) is 31.1 Å². The van der Waals surface area contributed by atoms with Crippen LogP contribution >= 0.6 is 0 Å².